The van der Waals surface area contributed by atoms with Crippen LogP contribution in [0, 0.1) is 13.8 Å². The number of hydrogen-bond donors (Lipinski definition) is 1. The normalized spacial score (nSPS) is 11.7. The maximum absolute atomic E-state index is 12.1. The number of nitrogens with zero attached hydrogens (tertiary/aromatic N) is 4. The molecular formula is C19H23N5OS. The number of hydrogen-bond acceptors (Lipinski definition) is 5. The Kier molecular flexibility index (Phi) is 5.00. The Labute approximate surface area is 157 Å². The van der Waals surface area contributed by atoms with Gasteiger partial charge in [-0.2, -0.15) is 5.10 Å². The number of amides is 1. The number of benzene rings is 1. The second kappa shape index (κ2) is 7.07. The average Bonchev–Trinajstić information content (AvgIpc) is 2.89. The third-order valence-corrected chi connectivity index (χ3v) is 4.68. The van der Waals surface area contributed by atoms with Gasteiger partial charge in [-0.1, -0.05) is 36.0 Å². The SMILES string of the molecule is Cc1cc(C)n(-c2nnc(SCC(=O)NC(C)(C)C)c3ccccc23)n1. The van der Waals surface area contributed by atoms with Crippen molar-refractivity contribution in [2.45, 2.75) is 45.2 Å². The first-order valence-corrected chi connectivity index (χ1v) is 9.46. The molecule has 1 N–H and O–H groups in total. The zero-order valence-electron chi connectivity index (χ0n) is 15.7. The molecule has 0 saturated heterocycles. The molecule has 0 atom stereocenters. The Morgan fingerprint density at radius 1 is 1.15 bits per heavy atom. The summed E-state index contributed by atoms with van der Waals surface area (Å²) in [6.07, 6.45) is 0. The molecule has 0 radical (unpaired) electrons. The van der Waals surface area contributed by atoms with Gasteiger partial charge in [0.25, 0.3) is 0 Å². The van der Waals surface area contributed by atoms with E-state index in [1.807, 2.05) is 69.6 Å². The third kappa shape index (κ3) is 4.04. The van der Waals surface area contributed by atoms with Crippen LogP contribution in [0.25, 0.3) is 16.6 Å². The molecule has 0 saturated carbocycles. The van der Waals surface area contributed by atoms with Crippen molar-refractivity contribution >= 4 is 28.4 Å². The van der Waals surface area contributed by atoms with E-state index < -0.39 is 0 Å². The molecular weight excluding hydrogens is 346 g/mol. The van der Waals surface area contributed by atoms with Crippen LogP contribution in [0.15, 0.2) is 35.4 Å². The predicted molar refractivity (Wildman–Crippen MR) is 105 cm³/mol. The van der Waals surface area contributed by atoms with E-state index in [-0.39, 0.29) is 11.4 Å². The lowest BCUT2D eigenvalue weighted by Gasteiger charge is -2.20. The summed E-state index contributed by atoms with van der Waals surface area (Å²) in [5.74, 6) is 0.987. The van der Waals surface area contributed by atoms with Crippen LogP contribution >= 0.6 is 11.8 Å². The molecule has 1 aromatic carbocycles. The van der Waals surface area contributed by atoms with E-state index in [0.29, 0.717) is 11.6 Å². The summed E-state index contributed by atoms with van der Waals surface area (Å²) >= 11 is 1.40. The number of fused-ring (bicyclic) bond motifs is 1. The monoisotopic (exact) mass is 369 g/mol. The maximum atomic E-state index is 12.1. The highest BCUT2D eigenvalue weighted by atomic mass is 32.2. The van der Waals surface area contributed by atoms with Crippen molar-refractivity contribution in [3.8, 4) is 5.82 Å². The van der Waals surface area contributed by atoms with Crippen LogP contribution in [-0.2, 0) is 4.79 Å². The van der Waals surface area contributed by atoms with Gasteiger partial charge in [0.2, 0.25) is 5.91 Å². The first-order valence-electron chi connectivity index (χ1n) is 8.47. The molecule has 26 heavy (non-hydrogen) atoms. The van der Waals surface area contributed by atoms with Gasteiger partial charge in [0, 0.05) is 22.0 Å². The molecule has 0 aliphatic carbocycles. The second-order valence-electron chi connectivity index (χ2n) is 7.30. The molecule has 7 heteroatoms. The van der Waals surface area contributed by atoms with E-state index in [0.717, 1.165) is 27.2 Å². The van der Waals surface area contributed by atoms with Gasteiger partial charge in [-0.3, -0.25) is 4.79 Å². The van der Waals surface area contributed by atoms with Crippen LogP contribution in [0.2, 0.25) is 0 Å². The summed E-state index contributed by atoms with van der Waals surface area (Å²) in [6.45, 7) is 9.85. The van der Waals surface area contributed by atoms with Crippen LogP contribution in [0.1, 0.15) is 32.2 Å². The predicted octanol–water partition coefficient (Wildman–Crippen LogP) is 3.44. The Hall–Kier alpha value is -2.41. The largest absolute Gasteiger partial charge is 0.351 e. The van der Waals surface area contributed by atoms with E-state index in [4.69, 9.17) is 0 Å². The summed E-state index contributed by atoms with van der Waals surface area (Å²) < 4.78 is 1.81. The van der Waals surface area contributed by atoms with Crippen molar-refractivity contribution in [3.05, 3.63) is 41.7 Å². The second-order valence-corrected chi connectivity index (χ2v) is 8.26. The van der Waals surface area contributed by atoms with Crippen molar-refractivity contribution in [1.82, 2.24) is 25.3 Å². The van der Waals surface area contributed by atoms with Crippen molar-refractivity contribution in [2.24, 2.45) is 0 Å². The molecule has 1 amide bonds. The van der Waals surface area contributed by atoms with Gasteiger partial charge in [0.1, 0.15) is 5.03 Å². The highest BCUT2D eigenvalue weighted by Gasteiger charge is 2.17. The molecule has 0 aliphatic rings. The fraction of sp³-hybridized carbons (Fsp3) is 0.368. The molecule has 3 aromatic rings. The van der Waals surface area contributed by atoms with Gasteiger partial charge in [-0.25, -0.2) is 4.68 Å². The quantitative estimate of drug-likeness (QED) is 0.713. The lowest BCUT2D eigenvalue weighted by molar-refractivity contribution is -0.119. The van der Waals surface area contributed by atoms with Crippen molar-refractivity contribution in [2.75, 3.05) is 5.75 Å². The topological polar surface area (TPSA) is 72.7 Å². The molecule has 2 heterocycles. The van der Waals surface area contributed by atoms with Crippen molar-refractivity contribution in [3.63, 3.8) is 0 Å². The van der Waals surface area contributed by atoms with E-state index in [9.17, 15) is 4.79 Å². The molecule has 0 unspecified atom stereocenters. The van der Waals surface area contributed by atoms with E-state index in [1.165, 1.54) is 11.8 Å². The number of rotatable bonds is 4. The van der Waals surface area contributed by atoms with Gasteiger partial charge in [-0.05, 0) is 40.7 Å². The first kappa shape index (κ1) is 18.4. The Morgan fingerprint density at radius 2 is 1.85 bits per heavy atom. The number of thioether (sulfide) groups is 1. The van der Waals surface area contributed by atoms with Gasteiger partial charge >= 0.3 is 0 Å². The summed E-state index contributed by atoms with van der Waals surface area (Å²) in [4.78, 5) is 12.1. The van der Waals surface area contributed by atoms with Gasteiger partial charge in [0.05, 0.1) is 11.4 Å². The van der Waals surface area contributed by atoms with Crippen LogP contribution in [0.3, 0.4) is 0 Å². The lowest BCUT2D eigenvalue weighted by Crippen LogP contribution is -2.41. The number of nitrogens with one attached hydrogen (secondary N) is 1. The number of carbonyl (C=O) groups excluding carboxylic acids is 1. The molecule has 2 aromatic heterocycles. The highest BCUT2D eigenvalue weighted by Crippen LogP contribution is 2.28. The number of carbonyl (C=O) groups is 1. The minimum absolute atomic E-state index is 0.0176. The zero-order chi connectivity index (χ0) is 18.9. The fourth-order valence-electron chi connectivity index (χ4n) is 2.76. The lowest BCUT2D eigenvalue weighted by atomic mass is 10.1. The fourth-order valence-corrected chi connectivity index (χ4v) is 3.53. The average molecular weight is 369 g/mol. The van der Waals surface area contributed by atoms with Crippen LogP contribution < -0.4 is 5.32 Å². The number of aryl methyl sites for hydroxylation is 2. The Bertz CT molecular complexity index is 958. The zero-order valence-corrected chi connectivity index (χ0v) is 16.5. The Morgan fingerprint density at radius 3 is 2.46 bits per heavy atom. The van der Waals surface area contributed by atoms with Gasteiger partial charge in [0.15, 0.2) is 5.82 Å². The van der Waals surface area contributed by atoms with Crippen LogP contribution in [0.5, 0.6) is 0 Å². The molecule has 0 bridgehead atoms. The molecule has 0 fully saturated rings. The maximum Gasteiger partial charge on any atom is 0.230 e. The summed E-state index contributed by atoms with van der Waals surface area (Å²) in [5.41, 5.74) is 1.70. The molecule has 0 aliphatic heterocycles. The summed E-state index contributed by atoms with van der Waals surface area (Å²) in [6, 6.07) is 9.96. The summed E-state index contributed by atoms with van der Waals surface area (Å²) in [5, 5.41) is 18.9. The first-order chi connectivity index (χ1) is 12.2. The van der Waals surface area contributed by atoms with Crippen LogP contribution in [0.4, 0.5) is 0 Å². The molecule has 0 spiro atoms. The minimum Gasteiger partial charge on any atom is -0.351 e. The van der Waals surface area contributed by atoms with Crippen molar-refractivity contribution < 1.29 is 4.79 Å². The van der Waals surface area contributed by atoms with Crippen LogP contribution in [-0.4, -0.2) is 37.2 Å². The van der Waals surface area contributed by atoms with Crippen molar-refractivity contribution in [1.29, 1.82) is 0 Å². The Balaban J connectivity index is 1.93. The molecule has 6 nitrogen and oxygen atoms in total. The van der Waals surface area contributed by atoms with E-state index in [1.54, 1.807) is 0 Å². The van der Waals surface area contributed by atoms with E-state index >= 15 is 0 Å². The van der Waals surface area contributed by atoms with Gasteiger partial charge in [-0.15, -0.1) is 10.2 Å². The smallest absolute Gasteiger partial charge is 0.230 e. The van der Waals surface area contributed by atoms with E-state index in [2.05, 4.69) is 20.6 Å². The summed E-state index contributed by atoms with van der Waals surface area (Å²) in [7, 11) is 0. The standard InChI is InChI=1S/C19H23N5OS/c1-12-10-13(2)24(23-12)17-14-8-6-7-9-15(14)18(22-21-17)26-11-16(25)20-19(3,4)5/h6-10H,11H2,1-5H3,(H,20,25). The van der Waals surface area contributed by atoms with Gasteiger partial charge < -0.3 is 5.32 Å². The highest BCUT2D eigenvalue weighted by molar-refractivity contribution is 8.00. The number of aromatic nitrogens is 4. The molecule has 136 valence electrons. The third-order valence-electron chi connectivity index (χ3n) is 3.70. The minimum atomic E-state index is -0.245. The molecule has 3 rings (SSSR count).